The van der Waals surface area contributed by atoms with Crippen LogP contribution in [0.5, 0.6) is 23.0 Å². The van der Waals surface area contributed by atoms with Gasteiger partial charge in [0, 0.05) is 23.2 Å². The molecule has 0 aromatic heterocycles. The lowest BCUT2D eigenvalue weighted by atomic mass is 9.85. The van der Waals surface area contributed by atoms with Gasteiger partial charge < -0.3 is 33.7 Å². The summed E-state index contributed by atoms with van der Waals surface area (Å²) in [6.45, 7) is 0. The Labute approximate surface area is 200 Å². The topological polar surface area (TPSA) is 86.7 Å². The summed E-state index contributed by atoms with van der Waals surface area (Å²) in [5, 5.41) is 12.0. The van der Waals surface area contributed by atoms with Crippen molar-refractivity contribution < 1.29 is 33.6 Å². The molecule has 2 aromatic rings. The first kappa shape index (κ1) is 24.2. The lowest BCUT2D eigenvalue weighted by Gasteiger charge is -2.37. The molecular weight excluding hydrogens is 438 g/mol. The maximum absolute atomic E-state index is 13.7. The molecule has 1 N–H and O–H groups in total. The molecule has 4 rings (SSSR count). The Morgan fingerprint density at radius 1 is 0.824 bits per heavy atom. The lowest BCUT2D eigenvalue weighted by Crippen LogP contribution is -2.46. The maximum atomic E-state index is 13.7. The number of hydrogen-bond acceptors (Lipinski definition) is 8. The number of carbonyl (C=O) groups excluding carboxylic acids is 1. The third-order valence-corrected chi connectivity index (χ3v) is 7.23. The first-order valence-corrected chi connectivity index (χ1v) is 11.5. The molecular formula is C26H33NO7. The number of rotatable bonds is 8. The molecule has 0 aliphatic carbocycles. The quantitative estimate of drug-likeness (QED) is 0.588. The van der Waals surface area contributed by atoms with E-state index in [4.69, 9.17) is 23.7 Å². The Morgan fingerprint density at radius 2 is 1.26 bits per heavy atom. The average Bonchev–Trinajstić information content (AvgIpc) is 3.06. The number of carbonyl (C=O) groups is 1. The van der Waals surface area contributed by atoms with Crippen LogP contribution in [0.15, 0.2) is 36.4 Å². The van der Waals surface area contributed by atoms with Gasteiger partial charge in [0.05, 0.1) is 28.4 Å². The second-order valence-electron chi connectivity index (χ2n) is 8.90. The zero-order valence-electron chi connectivity index (χ0n) is 20.4. The van der Waals surface area contributed by atoms with Gasteiger partial charge in [-0.3, -0.25) is 0 Å². The Bertz CT molecular complexity index is 970. The van der Waals surface area contributed by atoms with Crippen LogP contribution in [0.25, 0.3) is 0 Å². The lowest BCUT2D eigenvalue weighted by molar-refractivity contribution is -0.171. The van der Waals surface area contributed by atoms with Crippen molar-refractivity contribution in [3.05, 3.63) is 47.5 Å². The summed E-state index contributed by atoms with van der Waals surface area (Å²) in [4.78, 5) is 16.1. The Balaban J connectivity index is 1.74. The fourth-order valence-corrected chi connectivity index (χ4v) is 5.22. The van der Waals surface area contributed by atoms with Gasteiger partial charge in [0.25, 0.3) is 0 Å². The second-order valence-corrected chi connectivity index (χ2v) is 8.90. The summed E-state index contributed by atoms with van der Waals surface area (Å²) >= 11 is 0. The van der Waals surface area contributed by atoms with E-state index in [1.54, 1.807) is 36.4 Å². The van der Waals surface area contributed by atoms with Gasteiger partial charge >= 0.3 is 5.97 Å². The van der Waals surface area contributed by atoms with Crippen LogP contribution in [0.3, 0.4) is 0 Å². The molecule has 0 saturated carbocycles. The van der Waals surface area contributed by atoms with Gasteiger partial charge in [0.15, 0.2) is 23.0 Å². The third-order valence-electron chi connectivity index (χ3n) is 7.23. The summed E-state index contributed by atoms with van der Waals surface area (Å²) in [5.41, 5.74) is -1.49. The fourth-order valence-electron chi connectivity index (χ4n) is 5.22. The van der Waals surface area contributed by atoms with Crippen LogP contribution in [-0.4, -0.2) is 69.7 Å². The number of aliphatic hydroxyl groups is 1. The summed E-state index contributed by atoms with van der Waals surface area (Å²) in [6, 6.07) is 10.6. The van der Waals surface area contributed by atoms with E-state index in [9.17, 15) is 9.90 Å². The number of piperidine rings is 1. The molecule has 2 heterocycles. The standard InChI is InChI=1S/C26H33NO7/c1-27-18-8-9-19(27)15-20(14-18)34-25(28)26(29,16-6-10-21(30-2)23(12-16)32-4)17-7-11-22(31-3)24(13-17)33-5/h6-7,10-13,18-20,29H,8-9,14-15H2,1-5H3. The van der Waals surface area contributed by atoms with Crippen LogP contribution in [-0.2, 0) is 15.1 Å². The highest BCUT2D eigenvalue weighted by atomic mass is 16.6. The largest absolute Gasteiger partial charge is 0.493 e. The van der Waals surface area contributed by atoms with Crippen LogP contribution in [0.1, 0.15) is 36.8 Å². The monoisotopic (exact) mass is 471 g/mol. The van der Waals surface area contributed by atoms with Crippen molar-refractivity contribution in [2.45, 2.75) is 49.5 Å². The summed E-state index contributed by atoms with van der Waals surface area (Å²) in [7, 11) is 8.19. The first-order valence-electron chi connectivity index (χ1n) is 11.5. The zero-order valence-corrected chi connectivity index (χ0v) is 20.4. The molecule has 2 fully saturated rings. The molecule has 2 aromatic carbocycles. The number of fused-ring (bicyclic) bond motifs is 2. The highest BCUT2D eigenvalue weighted by Crippen LogP contribution is 2.41. The number of methoxy groups -OCH3 is 4. The molecule has 2 saturated heterocycles. The highest BCUT2D eigenvalue weighted by Gasteiger charge is 2.46. The van der Waals surface area contributed by atoms with Gasteiger partial charge in [-0.05, 0) is 57.0 Å². The first-order chi connectivity index (χ1) is 16.3. The molecule has 2 bridgehead atoms. The van der Waals surface area contributed by atoms with E-state index >= 15 is 0 Å². The smallest absolute Gasteiger partial charge is 0.347 e. The van der Waals surface area contributed by atoms with E-state index in [-0.39, 0.29) is 6.10 Å². The predicted molar refractivity (Wildman–Crippen MR) is 126 cm³/mol. The number of ether oxygens (including phenoxy) is 5. The minimum atomic E-state index is -2.10. The van der Waals surface area contributed by atoms with Crippen molar-refractivity contribution in [2.75, 3.05) is 35.5 Å². The van der Waals surface area contributed by atoms with Crippen LogP contribution < -0.4 is 18.9 Å². The molecule has 0 amide bonds. The third kappa shape index (κ3) is 4.16. The maximum Gasteiger partial charge on any atom is 0.347 e. The van der Waals surface area contributed by atoms with Crippen LogP contribution >= 0.6 is 0 Å². The van der Waals surface area contributed by atoms with E-state index < -0.39 is 11.6 Å². The van der Waals surface area contributed by atoms with Crippen molar-refractivity contribution in [1.82, 2.24) is 4.90 Å². The normalized spacial score (nSPS) is 22.2. The van der Waals surface area contributed by atoms with Crippen LogP contribution in [0.2, 0.25) is 0 Å². The van der Waals surface area contributed by atoms with E-state index in [2.05, 4.69) is 11.9 Å². The Hall–Kier alpha value is -2.97. The molecule has 34 heavy (non-hydrogen) atoms. The predicted octanol–water partition coefficient (Wildman–Crippen LogP) is 3.13. The minimum Gasteiger partial charge on any atom is -0.493 e. The second kappa shape index (κ2) is 9.72. The number of benzene rings is 2. The number of esters is 1. The summed E-state index contributed by atoms with van der Waals surface area (Å²) < 4.78 is 27.5. The van der Waals surface area contributed by atoms with Crippen molar-refractivity contribution in [1.29, 1.82) is 0 Å². The van der Waals surface area contributed by atoms with E-state index in [1.165, 1.54) is 28.4 Å². The minimum absolute atomic E-state index is 0.256. The molecule has 2 atom stereocenters. The average molecular weight is 472 g/mol. The van der Waals surface area contributed by atoms with Gasteiger partial charge in [-0.1, -0.05) is 12.1 Å². The van der Waals surface area contributed by atoms with Gasteiger partial charge in [0.2, 0.25) is 5.60 Å². The summed E-state index contributed by atoms with van der Waals surface area (Å²) in [5.74, 6) is 1.02. The number of nitrogens with zero attached hydrogens (tertiary/aromatic N) is 1. The Kier molecular flexibility index (Phi) is 6.91. The van der Waals surface area contributed by atoms with Crippen molar-refractivity contribution >= 4 is 5.97 Å². The zero-order chi connectivity index (χ0) is 24.5. The summed E-state index contributed by atoms with van der Waals surface area (Å²) in [6.07, 6.45) is 3.46. The molecule has 2 aliphatic rings. The molecule has 2 aliphatic heterocycles. The number of hydrogen-bond donors (Lipinski definition) is 1. The molecule has 0 spiro atoms. The Morgan fingerprint density at radius 3 is 1.68 bits per heavy atom. The molecule has 8 heteroatoms. The van der Waals surface area contributed by atoms with Gasteiger partial charge in [-0.2, -0.15) is 0 Å². The molecule has 0 radical (unpaired) electrons. The van der Waals surface area contributed by atoms with E-state index in [1.807, 2.05) is 0 Å². The molecule has 184 valence electrons. The van der Waals surface area contributed by atoms with E-state index in [0.29, 0.717) is 46.2 Å². The van der Waals surface area contributed by atoms with E-state index in [0.717, 1.165) is 25.7 Å². The fraction of sp³-hybridized carbons (Fsp3) is 0.500. The van der Waals surface area contributed by atoms with Gasteiger partial charge in [-0.15, -0.1) is 0 Å². The molecule has 2 unspecified atom stereocenters. The van der Waals surface area contributed by atoms with Crippen molar-refractivity contribution in [3.8, 4) is 23.0 Å². The van der Waals surface area contributed by atoms with Crippen molar-refractivity contribution in [2.24, 2.45) is 0 Å². The molecule has 8 nitrogen and oxygen atoms in total. The van der Waals surface area contributed by atoms with Crippen molar-refractivity contribution in [3.63, 3.8) is 0 Å². The van der Waals surface area contributed by atoms with Crippen LogP contribution in [0.4, 0.5) is 0 Å². The van der Waals surface area contributed by atoms with Gasteiger partial charge in [-0.25, -0.2) is 4.79 Å². The SMILES string of the molecule is COc1ccc(C(O)(C(=O)OC2CC3CCC(C2)N3C)c2ccc(OC)c(OC)c2)cc1OC. The van der Waals surface area contributed by atoms with Gasteiger partial charge in [0.1, 0.15) is 6.10 Å². The highest BCUT2D eigenvalue weighted by molar-refractivity contribution is 5.86. The van der Waals surface area contributed by atoms with Crippen LogP contribution in [0, 0.1) is 0 Å².